The molecule has 4 aromatic carbocycles. The first-order valence-corrected chi connectivity index (χ1v) is 31.8. The maximum atomic E-state index is 14.0. The molecule has 4 aromatic heterocycles. The van der Waals surface area contributed by atoms with Gasteiger partial charge in [-0.25, -0.2) is 28.0 Å². The molecule has 0 radical (unpaired) electrons. The highest BCUT2D eigenvalue weighted by molar-refractivity contribution is 5.52. The summed E-state index contributed by atoms with van der Waals surface area (Å²) in [4.78, 5) is 111. The van der Waals surface area contributed by atoms with Crippen molar-refractivity contribution in [3.05, 3.63) is 248 Å². The van der Waals surface area contributed by atoms with E-state index >= 15 is 0 Å². The Labute approximate surface area is 521 Å². The number of aromatic nitrogens is 8. The van der Waals surface area contributed by atoms with Crippen LogP contribution in [0.4, 0.5) is 32.1 Å². The number of rotatable bonds is 8. The SMILES string of the molecule is CC1(n2c(=O)[nH]c3c(c2=O)CC[C@H](c2cccc(F)c2)N3)CC1.CC1(n2c(=O)[nH]c3c(c2=O)CC[C@H](c2ccccc2)N3)CC1.CC1(n2c(=O)[nH]c3c(c2=O)CC[C@H](c2ccccc2F)N3)CC1.Cc1cccc([C@H]2CCc3c([nH]c(=O)n(C4(C)CC4)c3=O)N2)c1. The van der Waals surface area contributed by atoms with Crippen LogP contribution >= 0.6 is 0 Å². The molecule has 0 unspecified atom stereocenters. The molecule has 8 aromatic rings. The fraction of sp³-hybridized carbons (Fsp3) is 0.420. The van der Waals surface area contributed by atoms with Crippen LogP contribution in [0.5, 0.6) is 0 Å². The Kier molecular flexibility index (Phi) is 15.4. The van der Waals surface area contributed by atoms with Crippen molar-refractivity contribution in [2.24, 2.45) is 0 Å². The maximum Gasteiger partial charge on any atom is 0.330 e. The molecule has 91 heavy (non-hydrogen) atoms. The number of nitrogens with zero attached hydrogens (tertiary/aromatic N) is 4. The summed E-state index contributed by atoms with van der Waals surface area (Å²) in [5.74, 6) is 1.52. The highest BCUT2D eigenvalue weighted by Crippen LogP contribution is 2.44. The average Bonchev–Trinajstić information content (AvgIpc) is 1.65. The first-order chi connectivity index (χ1) is 43.5. The van der Waals surface area contributed by atoms with Gasteiger partial charge in [0.05, 0.1) is 68.6 Å². The van der Waals surface area contributed by atoms with E-state index in [4.69, 9.17) is 0 Å². The minimum atomic E-state index is -0.393. The number of aryl methyl sites for hydroxylation is 1. The van der Waals surface area contributed by atoms with Gasteiger partial charge in [0.15, 0.2) is 0 Å². The number of halogens is 2. The van der Waals surface area contributed by atoms with Gasteiger partial charge in [0.2, 0.25) is 0 Å². The van der Waals surface area contributed by atoms with Gasteiger partial charge in [-0.15, -0.1) is 0 Å². The predicted molar refractivity (Wildman–Crippen MR) is 346 cm³/mol. The molecule has 8 heterocycles. The normalized spacial score (nSPS) is 21.5. The quantitative estimate of drug-likeness (QED) is 0.0708. The third kappa shape index (κ3) is 11.8. The Hall–Kier alpha value is -9.34. The van der Waals surface area contributed by atoms with Crippen LogP contribution in [-0.2, 0) is 47.8 Å². The number of nitrogens with one attached hydrogen (secondary N) is 8. The molecular weight excluding hydrogens is 1160 g/mol. The predicted octanol–water partition coefficient (Wildman–Crippen LogP) is 9.17. The van der Waals surface area contributed by atoms with E-state index < -0.39 is 5.69 Å². The zero-order chi connectivity index (χ0) is 63.9. The lowest BCUT2D eigenvalue weighted by atomic mass is 9.95. The van der Waals surface area contributed by atoms with Gasteiger partial charge in [0.1, 0.15) is 34.9 Å². The van der Waals surface area contributed by atoms with Crippen LogP contribution in [0.25, 0.3) is 0 Å². The number of fused-ring (bicyclic) bond motifs is 4. The van der Waals surface area contributed by atoms with E-state index in [0.717, 1.165) is 69.8 Å². The Morgan fingerprint density at radius 1 is 0.374 bits per heavy atom. The lowest BCUT2D eigenvalue weighted by molar-refractivity contribution is 0.476. The second-order valence-corrected chi connectivity index (χ2v) is 27.0. The van der Waals surface area contributed by atoms with Crippen LogP contribution in [0.15, 0.2) is 141 Å². The van der Waals surface area contributed by atoms with Crippen molar-refractivity contribution in [3.8, 4) is 0 Å². The first kappa shape index (κ1) is 60.6. The van der Waals surface area contributed by atoms with Crippen LogP contribution in [0, 0.1) is 18.6 Å². The molecule has 0 bridgehead atoms. The first-order valence-electron chi connectivity index (χ1n) is 31.8. The van der Waals surface area contributed by atoms with E-state index in [1.807, 2.05) is 58.0 Å². The molecule has 4 atom stereocenters. The summed E-state index contributed by atoms with van der Waals surface area (Å²) >= 11 is 0. The maximum absolute atomic E-state index is 14.0. The molecule has 0 spiro atoms. The zero-order valence-electron chi connectivity index (χ0n) is 51.7. The van der Waals surface area contributed by atoms with Crippen LogP contribution in [-0.4, -0.2) is 38.2 Å². The third-order valence-electron chi connectivity index (χ3n) is 20.0. The van der Waals surface area contributed by atoms with Crippen LogP contribution in [0.2, 0.25) is 0 Å². The number of H-pyrrole nitrogens is 4. The molecule has 0 saturated heterocycles. The summed E-state index contributed by atoms with van der Waals surface area (Å²) < 4.78 is 32.9. The van der Waals surface area contributed by atoms with Crippen LogP contribution in [0.1, 0.15) is 179 Å². The van der Waals surface area contributed by atoms with Gasteiger partial charge in [-0.2, -0.15) is 0 Å². The fourth-order valence-corrected chi connectivity index (χ4v) is 13.5. The van der Waals surface area contributed by atoms with Crippen molar-refractivity contribution in [2.45, 2.75) is 184 Å². The number of benzene rings is 4. The van der Waals surface area contributed by atoms with Gasteiger partial charge in [0.25, 0.3) is 22.2 Å². The highest BCUT2D eigenvalue weighted by atomic mass is 19.1. The lowest BCUT2D eigenvalue weighted by Crippen LogP contribution is -2.44. The van der Waals surface area contributed by atoms with Crippen LogP contribution < -0.4 is 66.3 Å². The van der Waals surface area contributed by atoms with Crippen molar-refractivity contribution < 1.29 is 8.78 Å². The van der Waals surface area contributed by atoms with E-state index in [9.17, 15) is 47.1 Å². The average molecular weight is 1240 g/mol. The van der Waals surface area contributed by atoms with E-state index in [1.165, 1.54) is 53.2 Å². The largest absolute Gasteiger partial charge is 0.364 e. The summed E-state index contributed by atoms with van der Waals surface area (Å²) in [6.45, 7) is 9.87. The number of hydrogen-bond acceptors (Lipinski definition) is 12. The smallest absolute Gasteiger partial charge is 0.330 e. The minimum absolute atomic E-state index is 0.111. The Morgan fingerprint density at radius 3 is 1.05 bits per heavy atom. The molecule has 0 amide bonds. The van der Waals surface area contributed by atoms with E-state index in [-0.39, 0.29) is 97.3 Å². The van der Waals surface area contributed by atoms with Crippen molar-refractivity contribution in [2.75, 3.05) is 21.3 Å². The van der Waals surface area contributed by atoms with Crippen molar-refractivity contribution in [1.82, 2.24) is 38.2 Å². The van der Waals surface area contributed by atoms with Gasteiger partial charge in [-0.05, 0) is 172 Å². The Morgan fingerprint density at radius 2 is 0.692 bits per heavy atom. The Balaban J connectivity index is 0.000000111. The molecular formula is C69H76F2N12O8. The molecule has 474 valence electrons. The van der Waals surface area contributed by atoms with Gasteiger partial charge in [-0.1, -0.05) is 90.5 Å². The molecule has 8 aliphatic rings. The summed E-state index contributed by atoms with van der Waals surface area (Å²) in [5.41, 5.74) is 4.28. The van der Waals surface area contributed by atoms with E-state index in [0.29, 0.717) is 89.6 Å². The van der Waals surface area contributed by atoms with Gasteiger partial charge in [0, 0.05) is 5.56 Å². The van der Waals surface area contributed by atoms with Gasteiger partial charge >= 0.3 is 22.8 Å². The highest BCUT2D eigenvalue weighted by Gasteiger charge is 2.46. The molecule has 4 saturated carbocycles. The van der Waals surface area contributed by atoms with Crippen LogP contribution in [0.3, 0.4) is 0 Å². The summed E-state index contributed by atoms with van der Waals surface area (Å²) in [5, 5.41) is 13.0. The standard InChI is InChI=1S/C18H21N3O2.2C17H18FN3O2.C17H19N3O2/c1-11-4-3-5-12(10-11)14-7-6-13-15(19-14)20-17(23)21(16(13)22)18(2)8-9-18;1-17(7-8-17)21-15(22)12-5-6-13(19-14(12)20-16(21)23)10-3-2-4-11(18)9-10;1-17(8-9-17)21-15(22)11-6-7-13(19-14(11)20-16(21)23)10-4-2-3-5-12(10)18;1-17(9-10-17)20-15(21)12-7-8-13(11-5-3-2-4-6-11)18-14(12)19-16(20)22/h3-5,10,14,19H,6-9H2,1-2H3,(H,20,23);2-4,9,13,19H,5-8H2,1H3,(H,20,23);2-5,13,19H,6-9H2,1H3,(H,20,23);2-6,13,18H,7-10H2,1H3,(H,19,22)/t14-;3*13-/m1111/s1. The molecule has 16 rings (SSSR count). The topological polar surface area (TPSA) is 268 Å². The Bertz CT molecular complexity index is 4540. The number of hydrogen-bond donors (Lipinski definition) is 8. The molecule has 4 fully saturated rings. The van der Waals surface area contributed by atoms with E-state index in [2.05, 4.69) is 78.5 Å². The fourth-order valence-electron chi connectivity index (χ4n) is 13.5. The van der Waals surface area contributed by atoms with E-state index in [1.54, 1.807) is 24.3 Å². The number of anilines is 4. The number of aromatic amines is 4. The zero-order valence-corrected chi connectivity index (χ0v) is 51.7. The van der Waals surface area contributed by atoms with Crippen molar-refractivity contribution in [3.63, 3.8) is 0 Å². The molecule has 22 heteroatoms. The lowest BCUT2D eigenvalue weighted by Gasteiger charge is -2.27. The second kappa shape index (κ2) is 23.2. The molecule has 8 N–H and O–H groups in total. The molecule has 4 aliphatic heterocycles. The second-order valence-electron chi connectivity index (χ2n) is 27.0. The summed E-state index contributed by atoms with van der Waals surface area (Å²) in [6, 6.07) is 31.3. The summed E-state index contributed by atoms with van der Waals surface area (Å²) in [7, 11) is 0. The summed E-state index contributed by atoms with van der Waals surface area (Å²) in [6.07, 6.45) is 12.5. The van der Waals surface area contributed by atoms with Gasteiger partial charge < -0.3 is 21.3 Å². The minimum Gasteiger partial charge on any atom is -0.364 e. The molecule has 4 aliphatic carbocycles. The van der Waals surface area contributed by atoms with Crippen molar-refractivity contribution in [1.29, 1.82) is 0 Å². The van der Waals surface area contributed by atoms with Gasteiger partial charge in [-0.3, -0.25) is 57.4 Å². The third-order valence-corrected chi connectivity index (χ3v) is 20.0. The molecule has 20 nitrogen and oxygen atoms in total. The monoisotopic (exact) mass is 1240 g/mol. The van der Waals surface area contributed by atoms with Crippen molar-refractivity contribution >= 4 is 23.3 Å².